The van der Waals surface area contributed by atoms with Gasteiger partial charge in [-0.1, -0.05) is 12.8 Å². The van der Waals surface area contributed by atoms with Gasteiger partial charge in [0.1, 0.15) is 5.65 Å². The molecule has 5 heteroatoms. The zero-order chi connectivity index (χ0) is 18.4. The Kier molecular flexibility index (Phi) is 4.58. The number of aryl methyl sites for hydroxylation is 2. The van der Waals surface area contributed by atoms with Crippen molar-refractivity contribution in [1.29, 1.82) is 0 Å². The van der Waals surface area contributed by atoms with Gasteiger partial charge in [-0.05, 0) is 69.4 Å². The SMILES string of the molecule is Cn1ncc2c3c(c(=O)n(C4CCCN(CC5CCCC5)C4)c21)CCCC3. The van der Waals surface area contributed by atoms with Gasteiger partial charge in [0.25, 0.3) is 5.56 Å². The van der Waals surface area contributed by atoms with E-state index in [0.29, 0.717) is 0 Å². The second kappa shape index (κ2) is 7.08. The highest BCUT2D eigenvalue weighted by atomic mass is 16.1. The van der Waals surface area contributed by atoms with Gasteiger partial charge in [0.2, 0.25) is 0 Å². The zero-order valence-electron chi connectivity index (χ0n) is 16.6. The van der Waals surface area contributed by atoms with Crippen molar-refractivity contribution in [2.75, 3.05) is 19.6 Å². The fraction of sp³-hybridized carbons (Fsp3) is 0.727. The van der Waals surface area contributed by atoms with Crippen LogP contribution in [0.3, 0.4) is 0 Å². The number of fused-ring (bicyclic) bond motifs is 3. The van der Waals surface area contributed by atoms with Crippen LogP contribution in [0.1, 0.15) is 68.5 Å². The Morgan fingerprint density at radius 2 is 1.81 bits per heavy atom. The molecule has 0 amide bonds. The van der Waals surface area contributed by atoms with Crippen LogP contribution in [0.25, 0.3) is 11.0 Å². The summed E-state index contributed by atoms with van der Waals surface area (Å²) < 4.78 is 4.06. The van der Waals surface area contributed by atoms with Crippen molar-refractivity contribution in [2.24, 2.45) is 13.0 Å². The van der Waals surface area contributed by atoms with E-state index in [4.69, 9.17) is 0 Å². The summed E-state index contributed by atoms with van der Waals surface area (Å²) in [5, 5.41) is 5.77. The summed E-state index contributed by atoms with van der Waals surface area (Å²) in [5.41, 5.74) is 3.68. The first-order valence-corrected chi connectivity index (χ1v) is 11.0. The van der Waals surface area contributed by atoms with Crippen LogP contribution < -0.4 is 5.56 Å². The predicted octanol–water partition coefficient (Wildman–Crippen LogP) is 3.44. The van der Waals surface area contributed by atoms with Gasteiger partial charge in [-0.25, -0.2) is 0 Å². The topological polar surface area (TPSA) is 43.1 Å². The first-order valence-electron chi connectivity index (χ1n) is 11.0. The lowest BCUT2D eigenvalue weighted by Crippen LogP contribution is -2.42. The smallest absolute Gasteiger partial charge is 0.255 e. The molecule has 2 aromatic heterocycles. The summed E-state index contributed by atoms with van der Waals surface area (Å²) in [6.07, 6.45) is 14.2. The molecule has 3 heterocycles. The molecule has 5 nitrogen and oxygen atoms in total. The molecule has 2 aliphatic carbocycles. The van der Waals surface area contributed by atoms with Crippen LogP contribution in [0.15, 0.2) is 11.0 Å². The van der Waals surface area contributed by atoms with Crippen LogP contribution in [0.5, 0.6) is 0 Å². The van der Waals surface area contributed by atoms with E-state index in [1.54, 1.807) is 0 Å². The number of rotatable bonds is 3. The first-order chi connectivity index (χ1) is 13.2. The summed E-state index contributed by atoms with van der Waals surface area (Å²) >= 11 is 0. The molecule has 0 aromatic carbocycles. The Morgan fingerprint density at radius 1 is 1.04 bits per heavy atom. The van der Waals surface area contributed by atoms with Gasteiger partial charge in [-0.3, -0.25) is 14.0 Å². The number of hydrogen-bond donors (Lipinski definition) is 0. The highest BCUT2D eigenvalue weighted by molar-refractivity contribution is 5.80. The van der Waals surface area contributed by atoms with Crippen molar-refractivity contribution in [1.82, 2.24) is 19.2 Å². The van der Waals surface area contributed by atoms with E-state index < -0.39 is 0 Å². The first kappa shape index (κ1) is 17.5. The van der Waals surface area contributed by atoms with Crippen LogP contribution in [0.2, 0.25) is 0 Å². The van der Waals surface area contributed by atoms with Crippen molar-refractivity contribution in [3.8, 4) is 0 Å². The number of pyridine rings is 1. The fourth-order valence-corrected chi connectivity index (χ4v) is 5.91. The van der Waals surface area contributed by atoms with E-state index in [2.05, 4.69) is 14.6 Å². The van der Waals surface area contributed by atoms with Crippen LogP contribution in [-0.4, -0.2) is 38.9 Å². The average Bonchev–Trinajstić information content (AvgIpc) is 3.33. The molecule has 1 unspecified atom stereocenters. The molecular formula is C22H32N4O. The molecule has 0 bridgehead atoms. The maximum Gasteiger partial charge on any atom is 0.255 e. The summed E-state index contributed by atoms with van der Waals surface area (Å²) in [7, 11) is 1.99. The molecule has 2 fully saturated rings. The predicted molar refractivity (Wildman–Crippen MR) is 108 cm³/mol. The highest BCUT2D eigenvalue weighted by Crippen LogP contribution is 2.32. The molecule has 1 atom stereocenters. The van der Waals surface area contributed by atoms with Gasteiger partial charge in [-0.2, -0.15) is 5.10 Å². The number of aromatic nitrogens is 3. The molecule has 5 rings (SSSR count). The average molecular weight is 369 g/mol. The lowest BCUT2D eigenvalue weighted by atomic mass is 9.90. The Morgan fingerprint density at radius 3 is 2.63 bits per heavy atom. The normalized spacial score (nSPS) is 24.6. The molecule has 3 aliphatic rings. The Labute approximate surface area is 161 Å². The summed E-state index contributed by atoms with van der Waals surface area (Å²) in [5.74, 6) is 0.876. The lowest BCUT2D eigenvalue weighted by Gasteiger charge is -2.36. The van der Waals surface area contributed by atoms with Crippen LogP contribution >= 0.6 is 0 Å². The molecule has 1 saturated heterocycles. The lowest BCUT2D eigenvalue weighted by molar-refractivity contribution is 0.154. The van der Waals surface area contributed by atoms with E-state index >= 15 is 0 Å². The Balaban J connectivity index is 1.53. The third kappa shape index (κ3) is 3.04. The van der Waals surface area contributed by atoms with Crippen LogP contribution in [-0.2, 0) is 19.9 Å². The van der Waals surface area contributed by atoms with E-state index in [1.807, 2.05) is 17.9 Å². The molecule has 0 N–H and O–H groups in total. The number of hydrogen-bond acceptors (Lipinski definition) is 3. The van der Waals surface area contributed by atoms with Gasteiger partial charge in [0.15, 0.2) is 0 Å². The highest BCUT2D eigenvalue weighted by Gasteiger charge is 2.29. The summed E-state index contributed by atoms with van der Waals surface area (Å²) in [6, 6.07) is 0.290. The number of likely N-dealkylation sites (tertiary alicyclic amines) is 1. The zero-order valence-corrected chi connectivity index (χ0v) is 16.6. The van der Waals surface area contributed by atoms with Crippen LogP contribution in [0.4, 0.5) is 0 Å². The van der Waals surface area contributed by atoms with E-state index in [-0.39, 0.29) is 11.6 Å². The number of piperidine rings is 1. The summed E-state index contributed by atoms with van der Waals surface area (Å²) in [4.78, 5) is 16.2. The third-order valence-electron chi connectivity index (χ3n) is 7.24. The minimum atomic E-state index is 0.272. The molecule has 1 saturated carbocycles. The van der Waals surface area contributed by atoms with Gasteiger partial charge in [-0.15, -0.1) is 0 Å². The largest absolute Gasteiger partial charge is 0.301 e. The summed E-state index contributed by atoms with van der Waals surface area (Å²) in [6.45, 7) is 3.45. The number of nitrogens with zero attached hydrogens (tertiary/aromatic N) is 4. The molecule has 2 aromatic rings. The van der Waals surface area contributed by atoms with Crippen molar-refractivity contribution in [2.45, 2.75) is 70.3 Å². The monoisotopic (exact) mass is 368 g/mol. The van der Waals surface area contributed by atoms with Gasteiger partial charge >= 0.3 is 0 Å². The minimum Gasteiger partial charge on any atom is -0.301 e. The maximum absolute atomic E-state index is 13.5. The quantitative estimate of drug-likeness (QED) is 0.833. The second-order valence-corrected chi connectivity index (χ2v) is 9.05. The Bertz CT molecular complexity index is 890. The molecule has 1 aliphatic heterocycles. The second-order valence-electron chi connectivity index (χ2n) is 9.05. The van der Waals surface area contributed by atoms with Gasteiger partial charge < -0.3 is 4.90 Å². The van der Waals surface area contributed by atoms with Crippen LogP contribution in [0, 0.1) is 5.92 Å². The molecule has 146 valence electrons. The Hall–Kier alpha value is -1.62. The van der Waals surface area contributed by atoms with Crippen molar-refractivity contribution in [3.05, 3.63) is 27.7 Å². The van der Waals surface area contributed by atoms with E-state index in [0.717, 1.165) is 49.4 Å². The molecule has 0 radical (unpaired) electrons. The minimum absolute atomic E-state index is 0.272. The van der Waals surface area contributed by atoms with E-state index in [9.17, 15) is 4.79 Å². The standard InChI is InChI=1S/C22H32N4O/c1-24-21-20(13-23-24)18-10-4-5-11-19(18)22(27)26(21)17-9-6-12-25(15-17)14-16-7-2-3-8-16/h13,16-17H,2-12,14-15H2,1H3. The van der Waals surface area contributed by atoms with Gasteiger partial charge in [0.05, 0.1) is 12.2 Å². The third-order valence-corrected chi connectivity index (χ3v) is 7.24. The molecule has 27 heavy (non-hydrogen) atoms. The van der Waals surface area contributed by atoms with E-state index in [1.165, 1.54) is 62.6 Å². The maximum atomic E-state index is 13.5. The van der Waals surface area contributed by atoms with Crippen molar-refractivity contribution in [3.63, 3.8) is 0 Å². The fourth-order valence-electron chi connectivity index (χ4n) is 5.91. The molecular weight excluding hydrogens is 336 g/mol. The van der Waals surface area contributed by atoms with Crippen molar-refractivity contribution >= 4 is 11.0 Å². The molecule has 0 spiro atoms. The van der Waals surface area contributed by atoms with Gasteiger partial charge in [0, 0.05) is 31.1 Å². The van der Waals surface area contributed by atoms with Crippen molar-refractivity contribution < 1.29 is 0 Å².